The summed E-state index contributed by atoms with van der Waals surface area (Å²) in [5.41, 5.74) is 5.63. The van der Waals surface area contributed by atoms with Crippen molar-refractivity contribution >= 4 is 40.7 Å². The van der Waals surface area contributed by atoms with Crippen molar-refractivity contribution in [3.8, 4) is 11.5 Å². The maximum Gasteiger partial charge on any atom is 0.255 e. The third-order valence-electron chi connectivity index (χ3n) is 3.22. The molecule has 0 radical (unpaired) electrons. The Kier molecular flexibility index (Phi) is 7.56. The van der Waals surface area contributed by atoms with E-state index in [0.29, 0.717) is 46.7 Å². The fourth-order valence-corrected chi connectivity index (χ4v) is 2.48. The van der Waals surface area contributed by atoms with Crippen molar-refractivity contribution in [2.75, 3.05) is 18.5 Å². The Hall–Kier alpha value is -2.44. The van der Waals surface area contributed by atoms with Crippen LogP contribution in [0.25, 0.3) is 0 Å². The van der Waals surface area contributed by atoms with Gasteiger partial charge in [0.05, 0.1) is 11.6 Å². The minimum absolute atomic E-state index is 0.137. The molecule has 6 nitrogen and oxygen atoms in total. The fraction of sp³-hybridized carbons (Fsp3) is 0.222. The molecule has 0 unspecified atom stereocenters. The molecule has 0 saturated carbocycles. The maximum absolute atomic E-state index is 11.9. The van der Waals surface area contributed by atoms with Crippen LogP contribution in [0.1, 0.15) is 12.8 Å². The molecule has 26 heavy (non-hydrogen) atoms. The number of nitrogens with one attached hydrogen (secondary N) is 1. The second kappa shape index (κ2) is 9.89. The van der Waals surface area contributed by atoms with Gasteiger partial charge in [0.1, 0.15) is 11.5 Å². The maximum atomic E-state index is 11.9. The van der Waals surface area contributed by atoms with Gasteiger partial charge in [-0.3, -0.25) is 9.59 Å². The Morgan fingerprint density at radius 3 is 2.42 bits per heavy atom. The average Bonchev–Trinajstić information content (AvgIpc) is 2.59. The van der Waals surface area contributed by atoms with Gasteiger partial charge in [-0.15, -0.1) is 0 Å². The number of hydrogen-bond acceptors (Lipinski definition) is 4. The minimum atomic E-state index is -0.551. The van der Waals surface area contributed by atoms with Gasteiger partial charge in [0, 0.05) is 17.1 Å². The summed E-state index contributed by atoms with van der Waals surface area (Å²) in [5.74, 6) is 0.337. The lowest BCUT2D eigenvalue weighted by Gasteiger charge is -2.09. The molecule has 8 heteroatoms. The smallest absolute Gasteiger partial charge is 0.255 e. The summed E-state index contributed by atoms with van der Waals surface area (Å²) in [5, 5.41) is 3.73. The lowest BCUT2D eigenvalue weighted by atomic mass is 10.2. The molecule has 2 rings (SSSR count). The Balaban J connectivity index is 1.70. The molecule has 2 aromatic rings. The van der Waals surface area contributed by atoms with Gasteiger partial charge in [-0.05, 0) is 48.9 Å². The van der Waals surface area contributed by atoms with Gasteiger partial charge < -0.3 is 20.5 Å². The number of hydrogen-bond donors (Lipinski definition) is 2. The Bertz CT molecular complexity index is 766. The first-order chi connectivity index (χ1) is 12.4. The van der Waals surface area contributed by atoms with Gasteiger partial charge >= 0.3 is 0 Å². The van der Waals surface area contributed by atoms with Gasteiger partial charge in [0.25, 0.3) is 5.91 Å². The van der Waals surface area contributed by atoms with E-state index in [4.69, 9.17) is 38.4 Å². The summed E-state index contributed by atoms with van der Waals surface area (Å²) >= 11 is 11.8. The van der Waals surface area contributed by atoms with Crippen molar-refractivity contribution in [2.24, 2.45) is 5.73 Å². The molecule has 0 spiro atoms. The number of benzene rings is 2. The molecule has 0 atom stereocenters. The highest BCUT2D eigenvalue weighted by Gasteiger charge is 2.05. The number of amides is 2. The van der Waals surface area contributed by atoms with E-state index in [-0.39, 0.29) is 12.5 Å². The summed E-state index contributed by atoms with van der Waals surface area (Å²) in [7, 11) is 0. The Labute approximate surface area is 161 Å². The van der Waals surface area contributed by atoms with Crippen LogP contribution < -0.4 is 20.5 Å². The quantitative estimate of drug-likeness (QED) is 0.632. The van der Waals surface area contributed by atoms with Crippen molar-refractivity contribution in [3.05, 3.63) is 52.5 Å². The molecular formula is C18H18Cl2N2O4. The van der Waals surface area contributed by atoms with Gasteiger partial charge in [0.2, 0.25) is 5.91 Å². The third kappa shape index (κ3) is 6.82. The first-order valence-electron chi connectivity index (χ1n) is 7.83. The second-order valence-corrected chi connectivity index (χ2v) is 6.20. The van der Waals surface area contributed by atoms with Crippen molar-refractivity contribution in [1.29, 1.82) is 0 Å². The van der Waals surface area contributed by atoms with E-state index in [9.17, 15) is 9.59 Å². The molecule has 138 valence electrons. The number of halogens is 2. The van der Waals surface area contributed by atoms with E-state index in [1.165, 1.54) is 0 Å². The zero-order chi connectivity index (χ0) is 18.9. The largest absolute Gasteiger partial charge is 0.492 e. The number of nitrogens with two attached hydrogens (primary N) is 1. The van der Waals surface area contributed by atoms with E-state index in [1.807, 2.05) is 0 Å². The van der Waals surface area contributed by atoms with E-state index in [0.717, 1.165) is 0 Å². The topological polar surface area (TPSA) is 90.7 Å². The van der Waals surface area contributed by atoms with Crippen molar-refractivity contribution in [1.82, 2.24) is 0 Å². The van der Waals surface area contributed by atoms with Gasteiger partial charge in [-0.2, -0.15) is 0 Å². The van der Waals surface area contributed by atoms with Crippen LogP contribution >= 0.6 is 23.2 Å². The van der Waals surface area contributed by atoms with E-state index >= 15 is 0 Å². The SMILES string of the molecule is NC(=O)COc1ccc(NC(=O)CCCOc2ccc(Cl)cc2Cl)cc1. The normalized spacial score (nSPS) is 10.2. The molecule has 0 aliphatic rings. The molecule has 2 aromatic carbocycles. The summed E-state index contributed by atoms with van der Waals surface area (Å²) in [4.78, 5) is 22.6. The molecule has 0 bridgehead atoms. The highest BCUT2D eigenvalue weighted by molar-refractivity contribution is 6.35. The van der Waals surface area contributed by atoms with Crippen LogP contribution in [0.4, 0.5) is 5.69 Å². The summed E-state index contributed by atoms with van der Waals surface area (Å²) in [6, 6.07) is 11.6. The van der Waals surface area contributed by atoms with Crippen molar-refractivity contribution in [2.45, 2.75) is 12.8 Å². The molecule has 0 saturated heterocycles. The third-order valence-corrected chi connectivity index (χ3v) is 3.75. The van der Waals surface area contributed by atoms with Crippen LogP contribution in [0, 0.1) is 0 Å². The predicted octanol–water partition coefficient (Wildman–Crippen LogP) is 3.66. The lowest BCUT2D eigenvalue weighted by molar-refractivity contribution is -0.120. The molecular weight excluding hydrogens is 379 g/mol. The average molecular weight is 397 g/mol. The van der Waals surface area contributed by atoms with Crippen LogP contribution in [-0.2, 0) is 9.59 Å². The standard InChI is InChI=1S/C18H18Cl2N2O4/c19-12-3-8-16(15(20)10-12)25-9-1-2-18(24)22-13-4-6-14(7-5-13)26-11-17(21)23/h3-8,10H,1-2,9,11H2,(H2,21,23)(H,22,24). The van der Waals surface area contributed by atoms with Crippen LogP contribution in [0.3, 0.4) is 0 Å². The predicted molar refractivity (Wildman–Crippen MR) is 101 cm³/mol. The number of primary amides is 1. The first-order valence-corrected chi connectivity index (χ1v) is 8.58. The van der Waals surface area contributed by atoms with Crippen LogP contribution in [0.2, 0.25) is 10.0 Å². The summed E-state index contributed by atoms with van der Waals surface area (Å²) < 4.78 is 10.7. The molecule has 3 N–H and O–H groups in total. The van der Waals surface area contributed by atoms with Crippen LogP contribution in [0.15, 0.2) is 42.5 Å². The lowest BCUT2D eigenvalue weighted by Crippen LogP contribution is -2.20. The molecule has 0 fully saturated rings. The van der Waals surface area contributed by atoms with Gasteiger partial charge in [-0.25, -0.2) is 0 Å². The summed E-state index contributed by atoms with van der Waals surface area (Å²) in [6.07, 6.45) is 0.829. The molecule has 0 heterocycles. The van der Waals surface area contributed by atoms with Gasteiger partial charge in [0.15, 0.2) is 6.61 Å². The molecule has 0 aliphatic heterocycles. The van der Waals surface area contributed by atoms with Crippen molar-refractivity contribution in [3.63, 3.8) is 0 Å². The zero-order valence-electron chi connectivity index (χ0n) is 13.8. The number of rotatable bonds is 9. The van der Waals surface area contributed by atoms with Gasteiger partial charge in [-0.1, -0.05) is 23.2 Å². The number of anilines is 1. The van der Waals surface area contributed by atoms with Crippen molar-refractivity contribution < 1.29 is 19.1 Å². The number of carbonyl (C=O) groups excluding carboxylic acids is 2. The summed E-state index contributed by atoms with van der Waals surface area (Å²) in [6.45, 7) is 0.165. The van der Waals surface area contributed by atoms with Crippen LogP contribution in [-0.4, -0.2) is 25.0 Å². The molecule has 0 aromatic heterocycles. The number of ether oxygens (including phenoxy) is 2. The number of carbonyl (C=O) groups is 2. The van der Waals surface area contributed by atoms with E-state index in [2.05, 4.69) is 5.32 Å². The van der Waals surface area contributed by atoms with Crippen LogP contribution in [0.5, 0.6) is 11.5 Å². The van der Waals surface area contributed by atoms with E-state index in [1.54, 1.807) is 42.5 Å². The Morgan fingerprint density at radius 1 is 1.04 bits per heavy atom. The first kappa shape index (κ1) is 19.9. The Morgan fingerprint density at radius 2 is 1.77 bits per heavy atom. The highest BCUT2D eigenvalue weighted by atomic mass is 35.5. The molecule has 0 aliphatic carbocycles. The monoisotopic (exact) mass is 396 g/mol. The highest BCUT2D eigenvalue weighted by Crippen LogP contribution is 2.27. The zero-order valence-corrected chi connectivity index (χ0v) is 15.3. The fourth-order valence-electron chi connectivity index (χ4n) is 2.02. The minimum Gasteiger partial charge on any atom is -0.492 e. The molecule has 2 amide bonds. The van der Waals surface area contributed by atoms with E-state index < -0.39 is 5.91 Å². The second-order valence-electron chi connectivity index (χ2n) is 5.35.